The first-order valence-electron chi connectivity index (χ1n) is 7.34. The van der Waals surface area contributed by atoms with E-state index >= 15 is 0 Å². The maximum Gasteiger partial charge on any atom is 0.171 e. The number of ether oxygens (including phenoxy) is 1. The van der Waals surface area contributed by atoms with Gasteiger partial charge in [0, 0.05) is 25.3 Å². The molecular formula is C15H25N3O. The third-order valence-electron chi connectivity index (χ3n) is 4.00. The van der Waals surface area contributed by atoms with Crippen LogP contribution in [0.15, 0.2) is 18.3 Å². The number of anilines is 1. The zero-order chi connectivity index (χ0) is 13.7. The van der Waals surface area contributed by atoms with Crippen molar-refractivity contribution in [1.82, 2.24) is 4.98 Å². The van der Waals surface area contributed by atoms with Gasteiger partial charge in [-0.1, -0.05) is 13.3 Å². The molecule has 2 rings (SSSR count). The SMILES string of the molecule is CCOc1cccnc1N1CCC(CC)CC1CN. The molecule has 0 amide bonds. The van der Waals surface area contributed by atoms with Gasteiger partial charge < -0.3 is 15.4 Å². The summed E-state index contributed by atoms with van der Waals surface area (Å²) in [5, 5.41) is 0. The van der Waals surface area contributed by atoms with E-state index in [1.54, 1.807) is 0 Å². The van der Waals surface area contributed by atoms with Crippen molar-refractivity contribution in [2.75, 3.05) is 24.6 Å². The fourth-order valence-corrected chi connectivity index (χ4v) is 2.87. The number of hydrogen-bond acceptors (Lipinski definition) is 4. The number of piperidine rings is 1. The third kappa shape index (κ3) is 3.18. The zero-order valence-corrected chi connectivity index (χ0v) is 12.0. The second-order valence-electron chi connectivity index (χ2n) is 5.14. The number of nitrogens with zero attached hydrogens (tertiary/aromatic N) is 2. The topological polar surface area (TPSA) is 51.4 Å². The van der Waals surface area contributed by atoms with Gasteiger partial charge in [-0.2, -0.15) is 0 Å². The van der Waals surface area contributed by atoms with Gasteiger partial charge in [-0.15, -0.1) is 0 Å². The van der Waals surface area contributed by atoms with Gasteiger partial charge in [0.15, 0.2) is 11.6 Å². The first-order valence-corrected chi connectivity index (χ1v) is 7.34. The lowest BCUT2D eigenvalue weighted by atomic mass is 9.89. The number of aromatic nitrogens is 1. The summed E-state index contributed by atoms with van der Waals surface area (Å²) in [7, 11) is 0. The van der Waals surface area contributed by atoms with Crippen molar-refractivity contribution >= 4 is 5.82 Å². The van der Waals surface area contributed by atoms with Crippen LogP contribution in [0.2, 0.25) is 0 Å². The van der Waals surface area contributed by atoms with E-state index in [4.69, 9.17) is 10.5 Å². The van der Waals surface area contributed by atoms with Gasteiger partial charge in [0.05, 0.1) is 6.61 Å². The number of rotatable bonds is 5. The number of pyridine rings is 1. The van der Waals surface area contributed by atoms with Crippen molar-refractivity contribution in [2.45, 2.75) is 39.2 Å². The first-order chi connectivity index (χ1) is 9.30. The molecule has 4 nitrogen and oxygen atoms in total. The molecule has 0 saturated carbocycles. The molecule has 1 aromatic rings. The predicted molar refractivity (Wildman–Crippen MR) is 78.6 cm³/mol. The maximum atomic E-state index is 5.96. The fourth-order valence-electron chi connectivity index (χ4n) is 2.87. The monoisotopic (exact) mass is 263 g/mol. The summed E-state index contributed by atoms with van der Waals surface area (Å²) < 4.78 is 5.69. The Bertz CT molecular complexity index is 397. The molecule has 19 heavy (non-hydrogen) atoms. The Morgan fingerprint density at radius 1 is 1.47 bits per heavy atom. The van der Waals surface area contributed by atoms with Crippen molar-refractivity contribution < 1.29 is 4.74 Å². The molecule has 1 aliphatic heterocycles. The third-order valence-corrected chi connectivity index (χ3v) is 4.00. The molecule has 2 unspecified atom stereocenters. The summed E-state index contributed by atoms with van der Waals surface area (Å²) >= 11 is 0. The smallest absolute Gasteiger partial charge is 0.171 e. The average Bonchev–Trinajstić information content (AvgIpc) is 2.47. The van der Waals surface area contributed by atoms with E-state index < -0.39 is 0 Å². The molecule has 0 aliphatic carbocycles. The average molecular weight is 263 g/mol. The highest BCUT2D eigenvalue weighted by atomic mass is 16.5. The number of hydrogen-bond donors (Lipinski definition) is 1. The van der Waals surface area contributed by atoms with Gasteiger partial charge in [0.2, 0.25) is 0 Å². The summed E-state index contributed by atoms with van der Waals surface area (Å²) in [4.78, 5) is 6.85. The quantitative estimate of drug-likeness (QED) is 0.886. The molecule has 1 aromatic heterocycles. The van der Waals surface area contributed by atoms with E-state index in [-0.39, 0.29) is 0 Å². The van der Waals surface area contributed by atoms with Crippen LogP contribution >= 0.6 is 0 Å². The molecule has 1 aliphatic rings. The van der Waals surface area contributed by atoms with Crippen LogP contribution in [0, 0.1) is 5.92 Å². The van der Waals surface area contributed by atoms with Gasteiger partial charge >= 0.3 is 0 Å². The zero-order valence-electron chi connectivity index (χ0n) is 12.0. The molecule has 4 heteroatoms. The Hall–Kier alpha value is -1.29. The molecule has 2 heterocycles. The van der Waals surface area contributed by atoms with Crippen molar-refractivity contribution in [3.8, 4) is 5.75 Å². The lowest BCUT2D eigenvalue weighted by molar-refractivity contribution is 0.318. The maximum absolute atomic E-state index is 5.96. The summed E-state index contributed by atoms with van der Waals surface area (Å²) in [6.45, 7) is 6.63. The Morgan fingerprint density at radius 2 is 2.32 bits per heavy atom. The Morgan fingerprint density at radius 3 is 3.00 bits per heavy atom. The lowest BCUT2D eigenvalue weighted by Crippen LogP contribution is -2.47. The second kappa shape index (κ2) is 6.75. The first kappa shape index (κ1) is 14.1. The summed E-state index contributed by atoms with van der Waals surface area (Å²) in [6, 6.07) is 4.29. The van der Waals surface area contributed by atoms with Gasteiger partial charge in [-0.05, 0) is 37.8 Å². The van der Waals surface area contributed by atoms with Gasteiger partial charge in [0.25, 0.3) is 0 Å². The van der Waals surface area contributed by atoms with Crippen LogP contribution in [-0.2, 0) is 0 Å². The Balaban J connectivity index is 2.20. The summed E-state index contributed by atoms with van der Waals surface area (Å²) in [5.41, 5.74) is 5.96. The van der Waals surface area contributed by atoms with Gasteiger partial charge in [0.1, 0.15) is 0 Å². The van der Waals surface area contributed by atoms with E-state index in [0.29, 0.717) is 19.2 Å². The predicted octanol–water partition coefficient (Wildman–Crippen LogP) is 2.43. The highest BCUT2D eigenvalue weighted by Gasteiger charge is 2.29. The van der Waals surface area contributed by atoms with Crippen molar-refractivity contribution in [3.63, 3.8) is 0 Å². The molecule has 2 atom stereocenters. The molecule has 0 bridgehead atoms. The van der Waals surface area contributed by atoms with Crippen molar-refractivity contribution in [1.29, 1.82) is 0 Å². The van der Waals surface area contributed by atoms with E-state index in [1.165, 1.54) is 12.8 Å². The largest absolute Gasteiger partial charge is 0.490 e. The van der Waals surface area contributed by atoms with E-state index in [0.717, 1.165) is 30.5 Å². The van der Waals surface area contributed by atoms with Gasteiger partial charge in [-0.3, -0.25) is 0 Å². The van der Waals surface area contributed by atoms with Crippen LogP contribution in [0.25, 0.3) is 0 Å². The van der Waals surface area contributed by atoms with E-state index in [1.807, 2.05) is 25.3 Å². The highest BCUT2D eigenvalue weighted by molar-refractivity contribution is 5.53. The minimum Gasteiger partial charge on any atom is -0.490 e. The molecule has 106 valence electrons. The normalized spacial score (nSPS) is 23.4. The van der Waals surface area contributed by atoms with Crippen LogP contribution in [0.4, 0.5) is 5.82 Å². The van der Waals surface area contributed by atoms with Crippen LogP contribution in [0.1, 0.15) is 33.1 Å². The minimum absolute atomic E-state index is 0.382. The standard InChI is InChI=1S/C15H25N3O/c1-3-12-7-9-18(13(10-12)11-16)15-14(19-4-2)6-5-8-17-15/h5-6,8,12-13H,3-4,7,9-11,16H2,1-2H3. The highest BCUT2D eigenvalue weighted by Crippen LogP contribution is 2.33. The minimum atomic E-state index is 0.382. The Labute approximate surface area is 116 Å². The van der Waals surface area contributed by atoms with E-state index in [9.17, 15) is 0 Å². The van der Waals surface area contributed by atoms with Crippen molar-refractivity contribution in [3.05, 3.63) is 18.3 Å². The molecular weight excluding hydrogens is 238 g/mol. The molecule has 0 spiro atoms. The second-order valence-corrected chi connectivity index (χ2v) is 5.14. The molecule has 1 saturated heterocycles. The summed E-state index contributed by atoms with van der Waals surface area (Å²) in [6.07, 6.45) is 5.45. The Kier molecular flexibility index (Phi) is 5.02. The lowest BCUT2D eigenvalue weighted by Gasteiger charge is -2.40. The van der Waals surface area contributed by atoms with Gasteiger partial charge in [-0.25, -0.2) is 4.98 Å². The summed E-state index contributed by atoms with van der Waals surface area (Å²) in [5.74, 6) is 2.62. The molecule has 1 fully saturated rings. The molecule has 0 radical (unpaired) electrons. The molecule has 0 aromatic carbocycles. The van der Waals surface area contributed by atoms with Crippen LogP contribution in [0.5, 0.6) is 5.75 Å². The van der Waals surface area contributed by atoms with Crippen molar-refractivity contribution in [2.24, 2.45) is 11.7 Å². The van der Waals surface area contributed by atoms with Crippen LogP contribution in [0.3, 0.4) is 0 Å². The van der Waals surface area contributed by atoms with E-state index in [2.05, 4.69) is 16.8 Å². The van der Waals surface area contributed by atoms with Crippen LogP contribution in [-0.4, -0.2) is 30.7 Å². The van der Waals surface area contributed by atoms with Crippen LogP contribution < -0.4 is 15.4 Å². The number of nitrogens with two attached hydrogens (primary N) is 1. The fraction of sp³-hybridized carbons (Fsp3) is 0.667. The molecule has 2 N–H and O–H groups in total.